The van der Waals surface area contributed by atoms with E-state index in [1.54, 1.807) is 0 Å². The smallest absolute Gasteiger partial charge is 0.229 e. The summed E-state index contributed by atoms with van der Waals surface area (Å²) in [6.07, 6.45) is 7.09. The van der Waals surface area contributed by atoms with Gasteiger partial charge in [-0.1, -0.05) is 19.4 Å². The fraction of sp³-hybridized carbons (Fsp3) is 0.720. The summed E-state index contributed by atoms with van der Waals surface area (Å²) in [7, 11) is 1.97. The van der Waals surface area contributed by atoms with Crippen molar-refractivity contribution in [1.29, 1.82) is 0 Å². The number of carbonyl (C=O) groups is 2. The minimum absolute atomic E-state index is 0.0576. The molecule has 6 heteroatoms. The Kier molecular flexibility index (Phi) is 4.89. The van der Waals surface area contributed by atoms with Gasteiger partial charge in [0.15, 0.2) is 5.13 Å². The van der Waals surface area contributed by atoms with E-state index in [0.29, 0.717) is 24.2 Å². The van der Waals surface area contributed by atoms with Gasteiger partial charge in [-0.05, 0) is 75.5 Å². The predicted molar refractivity (Wildman–Crippen MR) is 123 cm³/mol. The van der Waals surface area contributed by atoms with Crippen molar-refractivity contribution >= 4 is 28.3 Å². The molecule has 31 heavy (non-hydrogen) atoms. The molecule has 5 rings (SSSR count). The second kappa shape index (κ2) is 7.16. The number of amides is 2. The first-order valence-electron chi connectivity index (χ1n) is 11.8. The van der Waals surface area contributed by atoms with Crippen LogP contribution in [0.3, 0.4) is 0 Å². The Balaban J connectivity index is 1.42. The van der Waals surface area contributed by atoms with Gasteiger partial charge in [-0.15, -0.1) is 11.3 Å². The van der Waals surface area contributed by atoms with Gasteiger partial charge in [0.25, 0.3) is 0 Å². The third-order valence-electron chi connectivity index (χ3n) is 9.48. The molecule has 5 nitrogen and oxygen atoms in total. The monoisotopic (exact) mass is 441 g/mol. The van der Waals surface area contributed by atoms with Crippen molar-refractivity contribution in [2.45, 2.75) is 72.6 Å². The van der Waals surface area contributed by atoms with E-state index < -0.39 is 0 Å². The summed E-state index contributed by atoms with van der Waals surface area (Å²) < 4.78 is 0. The number of anilines is 1. The summed E-state index contributed by atoms with van der Waals surface area (Å²) in [6.45, 7) is 9.00. The summed E-state index contributed by atoms with van der Waals surface area (Å²) in [5.41, 5.74) is 3.81. The van der Waals surface area contributed by atoms with Crippen LogP contribution in [0.2, 0.25) is 0 Å². The van der Waals surface area contributed by atoms with Gasteiger partial charge in [0.2, 0.25) is 11.8 Å². The first kappa shape index (κ1) is 21.2. The van der Waals surface area contributed by atoms with E-state index in [1.807, 2.05) is 24.3 Å². The number of aromatic nitrogens is 1. The van der Waals surface area contributed by atoms with Crippen LogP contribution in [-0.4, -0.2) is 28.7 Å². The van der Waals surface area contributed by atoms with E-state index in [1.165, 1.54) is 22.6 Å². The lowest BCUT2D eigenvalue weighted by Crippen LogP contribution is -2.54. The summed E-state index contributed by atoms with van der Waals surface area (Å²) in [5.74, 6) is 2.31. The topological polar surface area (TPSA) is 62.3 Å². The lowest BCUT2D eigenvalue weighted by atomic mass is 9.48. The van der Waals surface area contributed by atoms with Crippen molar-refractivity contribution in [3.8, 4) is 0 Å². The molecule has 0 bridgehead atoms. The number of likely N-dealkylation sites (tertiary alicyclic amines) is 1. The van der Waals surface area contributed by atoms with Gasteiger partial charge < -0.3 is 10.2 Å². The third-order valence-corrected chi connectivity index (χ3v) is 10.4. The van der Waals surface area contributed by atoms with E-state index >= 15 is 0 Å². The van der Waals surface area contributed by atoms with Crippen molar-refractivity contribution in [3.05, 3.63) is 22.3 Å². The number of nitrogens with zero attached hydrogens (tertiary/aromatic N) is 2. The van der Waals surface area contributed by atoms with Gasteiger partial charge in [0.1, 0.15) is 0 Å². The minimum atomic E-state index is 0.0576. The van der Waals surface area contributed by atoms with Gasteiger partial charge in [0.05, 0.1) is 5.69 Å². The normalized spacial score (nSPS) is 39.8. The molecule has 2 unspecified atom stereocenters. The molecule has 0 aromatic carbocycles. The van der Waals surface area contributed by atoms with Gasteiger partial charge in [-0.2, -0.15) is 0 Å². The number of rotatable bonds is 2. The molecule has 1 aliphatic heterocycles. The molecule has 6 atom stereocenters. The quantitative estimate of drug-likeness (QED) is 0.670. The number of allylic oxidation sites excluding steroid dienone is 2. The molecule has 1 aromatic rings. The zero-order chi connectivity index (χ0) is 22.1. The maximum absolute atomic E-state index is 13.3. The molecule has 168 valence electrons. The molecular weight excluding hydrogens is 406 g/mol. The Morgan fingerprint density at radius 2 is 1.97 bits per heavy atom. The molecule has 2 saturated carbocycles. The lowest BCUT2D eigenvalue weighted by Gasteiger charge is -2.59. The van der Waals surface area contributed by atoms with Gasteiger partial charge in [-0.25, -0.2) is 4.98 Å². The number of aryl methyl sites for hydroxylation is 1. The van der Waals surface area contributed by atoms with Crippen molar-refractivity contribution in [1.82, 2.24) is 9.88 Å². The molecule has 1 saturated heterocycles. The molecule has 2 amide bonds. The first-order valence-corrected chi connectivity index (χ1v) is 12.7. The fourth-order valence-corrected chi connectivity index (χ4v) is 8.83. The van der Waals surface area contributed by atoms with Gasteiger partial charge in [-0.3, -0.25) is 9.59 Å². The van der Waals surface area contributed by atoms with Crippen LogP contribution in [0.4, 0.5) is 5.13 Å². The highest BCUT2D eigenvalue weighted by molar-refractivity contribution is 7.13. The van der Waals surface area contributed by atoms with Crippen LogP contribution in [0.25, 0.3) is 0 Å². The summed E-state index contributed by atoms with van der Waals surface area (Å²) >= 11 is 1.51. The number of carbonyl (C=O) groups excluding carboxylic acids is 2. The number of piperidine rings is 1. The van der Waals surface area contributed by atoms with Crippen LogP contribution in [-0.2, 0) is 9.59 Å². The number of hydrogen-bond donors (Lipinski definition) is 1. The minimum Gasteiger partial charge on any atom is -0.319 e. The van der Waals surface area contributed by atoms with E-state index in [9.17, 15) is 9.59 Å². The standard InChI is InChI=1S/C25H35N3O2S/c1-14-12-16-17-6-7-19(22(30)27-23-26-15(2)13-31-23)24(17,3)10-8-18(16)25(4)11-9-20(29)28(5)21(14)25/h13,16-19H,6-12H2,1-5H3,(H,26,27,30)/t16?,17-,18?,19+,24-,25+/m0/s1. The van der Waals surface area contributed by atoms with Gasteiger partial charge >= 0.3 is 0 Å². The Bertz CT molecular complexity index is 968. The van der Waals surface area contributed by atoms with Crippen LogP contribution in [0.15, 0.2) is 16.7 Å². The average molecular weight is 442 g/mol. The Hall–Kier alpha value is -1.69. The maximum atomic E-state index is 13.3. The number of nitrogens with one attached hydrogen (secondary N) is 1. The number of fused-ring (bicyclic) bond motifs is 5. The maximum Gasteiger partial charge on any atom is 0.229 e. The van der Waals surface area contributed by atoms with Crippen LogP contribution in [0, 0.1) is 41.4 Å². The zero-order valence-electron chi connectivity index (χ0n) is 19.5. The Labute approximate surface area is 189 Å². The Morgan fingerprint density at radius 3 is 2.68 bits per heavy atom. The van der Waals surface area contributed by atoms with Crippen molar-refractivity contribution < 1.29 is 9.59 Å². The molecule has 3 aliphatic carbocycles. The highest BCUT2D eigenvalue weighted by Gasteiger charge is 2.61. The molecule has 1 N–H and O–H groups in total. The van der Waals surface area contributed by atoms with E-state index in [-0.39, 0.29) is 28.6 Å². The zero-order valence-corrected chi connectivity index (χ0v) is 20.3. The van der Waals surface area contributed by atoms with Crippen LogP contribution in [0.5, 0.6) is 0 Å². The van der Waals surface area contributed by atoms with Crippen molar-refractivity contribution in [3.63, 3.8) is 0 Å². The largest absolute Gasteiger partial charge is 0.319 e. The average Bonchev–Trinajstić information content (AvgIpc) is 3.27. The molecule has 4 aliphatic rings. The van der Waals surface area contributed by atoms with Crippen molar-refractivity contribution in [2.75, 3.05) is 12.4 Å². The lowest BCUT2D eigenvalue weighted by molar-refractivity contribution is -0.137. The van der Waals surface area contributed by atoms with E-state index in [2.05, 4.69) is 31.1 Å². The predicted octanol–water partition coefficient (Wildman–Crippen LogP) is 5.38. The summed E-state index contributed by atoms with van der Waals surface area (Å²) in [5, 5.41) is 5.84. The fourth-order valence-electron chi connectivity index (χ4n) is 8.14. The van der Waals surface area contributed by atoms with Crippen molar-refractivity contribution in [2.24, 2.45) is 34.5 Å². The third kappa shape index (κ3) is 3.04. The molecule has 1 aromatic heterocycles. The van der Waals surface area contributed by atoms with Crippen LogP contribution in [0.1, 0.15) is 71.4 Å². The van der Waals surface area contributed by atoms with Crippen LogP contribution >= 0.6 is 11.3 Å². The second-order valence-corrected chi connectivity index (χ2v) is 11.9. The highest BCUT2D eigenvalue weighted by Crippen LogP contribution is 2.66. The van der Waals surface area contributed by atoms with E-state index in [4.69, 9.17) is 0 Å². The number of thiazole rings is 1. The Morgan fingerprint density at radius 1 is 1.19 bits per heavy atom. The van der Waals surface area contributed by atoms with Crippen LogP contribution < -0.4 is 5.32 Å². The second-order valence-electron chi connectivity index (χ2n) is 11.0. The molecular formula is C25H35N3O2S. The van der Waals surface area contributed by atoms with E-state index in [0.717, 1.165) is 49.4 Å². The molecule has 0 spiro atoms. The molecule has 0 radical (unpaired) electrons. The SMILES string of the molecule is CC1=C2N(C)C(=O)CC[C@]2(C)C2CC[C@]3(C)[C@@H](C(=O)Nc4nc(C)cs4)CC[C@H]3C2C1. The first-order chi connectivity index (χ1) is 14.6. The molecule has 2 heterocycles. The van der Waals surface area contributed by atoms with Gasteiger partial charge in [0, 0.05) is 35.9 Å². The summed E-state index contributed by atoms with van der Waals surface area (Å²) in [4.78, 5) is 32.1. The molecule has 3 fully saturated rings. The summed E-state index contributed by atoms with van der Waals surface area (Å²) in [6, 6.07) is 0. The highest BCUT2D eigenvalue weighted by atomic mass is 32.1. The number of hydrogen-bond acceptors (Lipinski definition) is 4.